The van der Waals surface area contributed by atoms with Crippen LogP contribution in [0.2, 0.25) is 0 Å². The third-order valence-corrected chi connectivity index (χ3v) is 3.24. The number of nitrogens with zero attached hydrogens (tertiary/aromatic N) is 1. The number of thioether (sulfide) groups is 1. The largest absolute Gasteiger partial charge is 0.496 e. The van der Waals surface area contributed by atoms with Crippen LogP contribution in [0.25, 0.3) is 10.9 Å². The van der Waals surface area contributed by atoms with Crippen LogP contribution in [0.4, 0.5) is 0 Å². The Hall–Kier alpha value is -1.42. The van der Waals surface area contributed by atoms with Crippen molar-refractivity contribution in [3.63, 3.8) is 0 Å². The van der Waals surface area contributed by atoms with Crippen molar-refractivity contribution in [1.82, 2.24) is 4.98 Å². The summed E-state index contributed by atoms with van der Waals surface area (Å²) in [7, 11) is 1.66. The average Bonchev–Trinajstić information content (AvgIpc) is 2.37. The van der Waals surface area contributed by atoms with E-state index in [0.29, 0.717) is 12.5 Å². The number of methoxy groups -OCH3 is 1. The number of aromatic nitrogens is 1. The first-order valence-corrected chi connectivity index (χ1v) is 6.67. The highest BCUT2D eigenvalue weighted by molar-refractivity contribution is 7.98. The van der Waals surface area contributed by atoms with Crippen molar-refractivity contribution in [2.24, 2.45) is 0 Å². The average molecular weight is 249 g/mol. The number of hydrogen-bond acceptors (Lipinski definition) is 4. The molecule has 0 atom stereocenters. The van der Waals surface area contributed by atoms with Gasteiger partial charge in [0.1, 0.15) is 5.75 Å². The maximum atomic E-state index is 5.46. The van der Waals surface area contributed by atoms with E-state index in [0.717, 1.165) is 21.5 Å². The molecule has 0 N–H and O–H groups in total. The Morgan fingerprint density at radius 2 is 2.18 bits per heavy atom. The van der Waals surface area contributed by atoms with Gasteiger partial charge in [0, 0.05) is 16.3 Å². The second-order valence-corrected chi connectivity index (χ2v) is 4.30. The quantitative estimate of drug-likeness (QED) is 0.777. The van der Waals surface area contributed by atoms with Crippen molar-refractivity contribution in [3.05, 3.63) is 24.3 Å². The monoisotopic (exact) mass is 249 g/mol. The molecule has 17 heavy (non-hydrogen) atoms. The minimum atomic E-state index is 0.600. The summed E-state index contributed by atoms with van der Waals surface area (Å²) >= 11 is 1.67. The third kappa shape index (κ3) is 2.31. The van der Waals surface area contributed by atoms with Crippen LogP contribution in [0.15, 0.2) is 29.2 Å². The zero-order valence-corrected chi connectivity index (χ0v) is 11.0. The smallest absolute Gasteiger partial charge is 0.217 e. The number of fused-ring (bicyclic) bond motifs is 1. The Morgan fingerprint density at radius 3 is 2.82 bits per heavy atom. The Balaban J connectivity index is 2.68. The number of para-hydroxylation sites is 1. The number of benzene rings is 1. The van der Waals surface area contributed by atoms with Gasteiger partial charge in [-0.1, -0.05) is 6.07 Å². The van der Waals surface area contributed by atoms with Gasteiger partial charge in [0.2, 0.25) is 5.88 Å². The molecule has 0 fully saturated rings. The first kappa shape index (κ1) is 12.0. The van der Waals surface area contributed by atoms with E-state index < -0.39 is 0 Å². The molecule has 1 aromatic heterocycles. The molecule has 90 valence electrons. The SMILES string of the molecule is CCOc1cc(OC)c2cccc(SC)c2n1. The Kier molecular flexibility index (Phi) is 3.74. The van der Waals surface area contributed by atoms with E-state index in [-0.39, 0.29) is 0 Å². The molecule has 1 heterocycles. The van der Waals surface area contributed by atoms with Crippen molar-refractivity contribution in [2.75, 3.05) is 20.0 Å². The summed E-state index contributed by atoms with van der Waals surface area (Å²) in [4.78, 5) is 5.65. The molecule has 0 radical (unpaired) electrons. The molecule has 3 nitrogen and oxygen atoms in total. The summed E-state index contributed by atoms with van der Waals surface area (Å²) in [5, 5.41) is 1.02. The number of ether oxygens (including phenoxy) is 2. The van der Waals surface area contributed by atoms with Crippen molar-refractivity contribution in [3.8, 4) is 11.6 Å². The number of pyridine rings is 1. The van der Waals surface area contributed by atoms with Gasteiger partial charge < -0.3 is 9.47 Å². The van der Waals surface area contributed by atoms with E-state index in [1.165, 1.54) is 0 Å². The summed E-state index contributed by atoms with van der Waals surface area (Å²) < 4.78 is 10.8. The second-order valence-electron chi connectivity index (χ2n) is 3.45. The Labute approximate surface area is 105 Å². The topological polar surface area (TPSA) is 31.4 Å². The summed E-state index contributed by atoms with van der Waals surface area (Å²) in [6.07, 6.45) is 2.04. The minimum Gasteiger partial charge on any atom is -0.496 e. The summed E-state index contributed by atoms with van der Waals surface area (Å²) in [5.41, 5.74) is 0.933. The van der Waals surface area contributed by atoms with Crippen LogP contribution in [0.5, 0.6) is 11.6 Å². The summed E-state index contributed by atoms with van der Waals surface area (Å²) in [6.45, 7) is 2.54. The minimum absolute atomic E-state index is 0.600. The normalized spacial score (nSPS) is 10.5. The lowest BCUT2D eigenvalue weighted by atomic mass is 10.2. The van der Waals surface area contributed by atoms with Crippen LogP contribution in [0.3, 0.4) is 0 Å². The van der Waals surface area contributed by atoms with Gasteiger partial charge in [-0.25, -0.2) is 4.98 Å². The van der Waals surface area contributed by atoms with Gasteiger partial charge >= 0.3 is 0 Å². The van der Waals surface area contributed by atoms with Crippen molar-refractivity contribution < 1.29 is 9.47 Å². The Morgan fingerprint density at radius 1 is 1.35 bits per heavy atom. The van der Waals surface area contributed by atoms with E-state index in [2.05, 4.69) is 11.1 Å². The van der Waals surface area contributed by atoms with E-state index >= 15 is 0 Å². The fourth-order valence-corrected chi connectivity index (χ4v) is 2.29. The van der Waals surface area contributed by atoms with E-state index in [4.69, 9.17) is 9.47 Å². The maximum absolute atomic E-state index is 5.46. The zero-order valence-electron chi connectivity index (χ0n) is 10.2. The fraction of sp³-hybridized carbons (Fsp3) is 0.308. The van der Waals surface area contributed by atoms with Gasteiger partial charge in [0.25, 0.3) is 0 Å². The molecule has 0 unspecified atom stereocenters. The fourth-order valence-electron chi connectivity index (χ4n) is 1.72. The van der Waals surface area contributed by atoms with Gasteiger partial charge in [-0.05, 0) is 25.3 Å². The second kappa shape index (κ2) is 5.27. The zero-order chi connectivity index (χ0) is 12.3. The predicted octanol–water partition coefficient (Wildman–Crippen LogP) is 3.36. The van der Waals surface area contributed by atoms with E-state index in [1.54, 1.807) is 18.9 Å². The molecule has 1 aromatic carbocycles. The maximum Gasteiger partial charge on any atom is 0.217 e. The van der Waals surface area contributed by atoms with Gasteiger partial charge in [0.05, 0.1) is 19.2 Å². The Bertz CT molecular complexity index is 528. The van der Waals surface area contributed by atoms with Gasteiger partial charge in [-0.3, -0.25) is 0 Å². The van der Waals surface area contributed by atoms with Crippen LogP contribution < -0.4 is 9.47 Å². The summed E-state index contributed by atoms with van der Waals surface area (Å²) in [6, 6.07) is 7.90. The molecule has 4 heteroatoms. The molecule has 0 saturated carbocycles. The lowest BCUT2D eigenvalue weighted by Gasteiger charge is -2.10. The highest BCUT2D eigenvalue weighted by Crippen LogP contribution is 2.33. The highest BCUT2D eigenvalue weighted by atomic mass is 32.2. The molecular formula is C13H15NO2S. The first-order valence-electron chi connectivity index (χ1n) is 5.44. The molecule has 2 rings (SSSR count). The predicted molar refractivity (Wildman–Crippen MR) is 71.2 cm³/mol. The molecule has 0 aliphatic rings. The highest BCUT2D eigenvalue weighted by Gasteiger charge is 2.09. The van der Waals surface area contributed by atoms with Crippen molar-refractivity contribution >= 4 is 22.7 Å². The molecule has 0 aliphatic carbocycles. The standard InChI is InChI=1S/C13H15NO2S/c1-4-16-12-8-10(15-2)9-6-5-7-11(17-3)13(9)14-12/h5-8H,4H2,1-3H3. The van der Waals surface area contributed by atoms with Crippen LogP contribution in [-0.2, 0) is 0 Å². The molecular weight excluding hydrogens is 234 g/mol. The molecule has 0 bridgehead atoms. The van der Waals surface area contributed by atoms with E-state index in [1.807, 2.05) is 31.4 Å². The number of rotatable bonds is 4. The third-order valence-electron chi connectivity index (χ3n) is 2.47. The first-order chi connectivity index (χ1) is 8.30. The van der Waals surface area contributed by atoms with Crippen LogP contribution in [0.1, 0.15) is 6.92 Å². The van der Waals surface area contributed by atoms with Gasteiger partial charge in [0.15, 0.2) is 0 Å². The van der Waals surface area contributed by atoms with Crippen LogP contribution >= 0.6 is 11.8 Å². The lowest BCUT2D eigenvalue weighted by molar-refractivity contribution is 0.324. The molecule has 0 aliphatic heterocycles. The number of hydrogen-bond donors (Lipinski definition) is 0. The van der Waals surface area contributed by atoms with Crippen molar-refractivity contribution in [1.29, 1.82) is 0 Å². The van der Waals surface area contributed by atoms with E-state index in [9.17, 15) is 0 Å². The lowest BCUT2D eigenvalue weighted by Crippen LogP contribution is -1.97. The molecule has 2 aromatic rings. The van der Waals surface area contributed by atoms with Crippen molar-refractivity contribution in [2.45, 2.75) is 11.8 Å². The molecule has 0 amide bonds. The van der Waals surface area contributed by atoms with Crippen LogP contribution in [-0.4, -0.2) is 25.0 Å². The van der Waals surface area contributed by atoms with Gasteiger partial charge in [-0.15, -0.1) is 11.8 Å². The summed E-state index contributed by atoms with van der Waals surface area (Å²) in [5.74, 6) is 1.41. The van der Waals surface area contributed by atoms with Crippen LogP contribution in [0, 0.1) is 0 Å². The molecule has 0 saturated heterocycles. The molecule has 0 spiro atoms. The van der Waals surface area contributed by atoms with Gasteiger partial charge in [-0.2, -0.15) is 0 Å².